The topological polar surface area (TPSA) is 29.9 Å². The molecule has 2 aromatic rings. The van der Waals surface area contributed by atoms with Gasteiger partial charge in [-0.15, -0.1) is 11.3 Å². The maximum Gasteiger partial charge on any atom is 0.113 e. The molecule has 0 saturated carbocycles. The van der Waals surface area contributed by atoms with Gasteiger partial charge in [0, 0.05) is 36.6 Å². The van der Waals surface area contributed by atoms with Crippen molar-refractivity contribution < 1.29 is 0 Å². The molecule has 0 unspecified atom stereocenters. The number of imidazole rings is 1. The Morgan fingerprint density at radius 2 is 2.50 bits per heavy atom. The van der Waals surface area contributed by atoms with E-state index in [4.69, 9.17) is 0 Å². The maximum atomic E-state index is 4.67. The third kappa shape index (κ3) is 2.49. The molecule has 0 fully saturated rings. The van der Waals surface area contributed by atoms with Gasteiger partial charge in [-0.25, -0.2) is 4.98 Å². The molecule has 18 heavy (non-hydrogen) atoms. The highest BCUT2D eigenvalue weighted by Gasteiger charge is 2.21. The van der Waals surface area contributed by atoms with Crippen LogP contribution >= 0.6 is 11.3 Å². The van der Waals surface area contributed by atoms with E-state index in [1.807, 2.05) is 11.3 Å². The summed E-state index contributed by atoms with van der Waals surface area (Å²) in [4.78, 5) is 6.08. The van der Waals surface area contributed by atoms with Gasteiger partial charge in [-0.05, 0) is 31.2 Å². The van der Waals surface area contributed by atoms with E-state index < -0.39 is 0 Å². The van der Waals surface area contributed by atoms with Crippen LogP contribution < -0.4 is 5.32 Å². The number of rotatable bonds is 4. The number of nitrogens with zero attached hydrogens (tertiary/aromatic N) is 2. The zero-order valence-electron chi connectivity index (χ0n) is 10.7. The molecule has 0 saturated heterocycles. The smallest absolute Gasteiger partial charge is 0.113 e. The average Bonchev–Trinajstić information content (AvgIpc) is 2.97. The Morgan fingerprint density at radius 1 is 1.56 bits per heavy atom. The van der Waals surface area contributed by atoms with Crippen LogP contribution in [0.15, 0.2) is 23.7 Å². The Bertz CT molecular complexity index is 501. The molecule has 4 heteroatoms. The molecular weight excluding hydrogens is 242 g/mol. The normalized spacial score (nSPS) is 18.8. The van der Waals surface area contributed by atoms with Crippen molar-refractivity contribution in [3.8, 4) is 0 Å². The highest BCUT2D eigenvalue weighted by Crippen LogP contribution is 2.26. The van der Waals surface area contributed by atoms with Gasteiger partial charge in [0.2, 0.25) is 0 Å². The summed E-state index contributed by atoms with van der Waals surface area (Å²) in [5.41, 5.74) is 1.15. The second kappa shape index (κ2) is 5.24. The molecule has 3 nitrogen and oxygen atoms in total. The first-order valence-electron chi connectivity index (χ1n) is 6.59. The van der Waals surface area contributed by atoms with Crippen molar-refractivity contribution in [3.05, 3.63) is 40.1 Å². The van der Waals surface area contributed by atoms with Crippen LogP contribution in [0.1, 0.15) is 35.2 Å². The lowest BCUT2D eigenvalue weighted by Gasteiger charge is -2.23. The van der Waals surface area contributed by atoms with E-state index in [1.165, 1.54) is 23.5 Å². The monoisotopic (exact) mass is 261 g/mol. The molecule has 0 spiro atoms. The minimum Gasteiger partial charge on any atom is -0.334 e. The van der Waals surface area contributed by atoms with E-state index in [9.17, 15) is 0 Å². The van der Waals surface area contributed by atoms with E-state index in [1.54, 1.807) is 0 Å². The highest BCUT2D eigenvalue weighted by atomic mass is 32.1. The molecule has 0 amide bonds. The molecule has 0 radical (unpaired) electrons. The molecule has 1 N–H and O–H groups in total. The fraction of sp³-hybridized carbons (Fsp3) is 0.500. The van der Waals surface area contributed by atoms with Crippen molar-refractivity contribution >= 4 is 11.3 Å². The Kier molecular flexibility index (Phi) is 3.48. The Morgan fingerprint density at radius 3 is 3.33 bits per heavy atom. The molecule has 0 bridgehead atoms. The molecule has 2 aromatic heterocycles. The zero-order valence-corrected chi connectivity index (χ0v) is 11.5. The lowest BCUT2D eigenvalue weighted by Crippen LogP contribution is -2.26. The van der Waals surface area contributed by atoms with Gasteiger partial charge in [0.25, 0.3) is 0 Å². The third-order valence-corrected chi connectivity index (χ3v) is 4.39. The van der Waals surface area contributed by atoms with Gasteiger partial charge < -0.3 is 9.88 Å². The second-order valence-corrected chi connectivity index (χ2v) is 6.02. The van der Waals surface area contributed by atoms with Crippen LogP contribution in [0.2, 0.25) is 0 Å². The van der Waals surface area contributed by atoms with Gasteiger partial charge in [0.1, 0.15) is 5.82 Å². The summed E-state index contributed by atoms with van der Waals surface area (Å²) in [5.74, 6) is 1.85. The van der Waals surface area contributed by atoms with Crippen LogP contribution in [0.3, 0.4) is 0 Å². The Balaban J connectivity index is 1.60. The minimum atomic E-state index is 0.576. The van der Waals surface area contributed by atoms with Crippen LogP contribution in [0.5, 0.6) is 0 Å². The number of aromatic nitrogens is 2. The van der Waals surface area contributed by atoms with E-state index in [2.05, 4.69) is 45.5 Å². The Hall–Kier alpha value is -1.13. The van der Waals surface area contributed by atoms with E-state index >= 15 is 0 Å². The van der Waals surface area contributed by atoms with Crippen molar-refractivity contribution in [2.24, 2.45) is 0 Å². The van der Waals surface area contributed by atoms with Gasteiger partial charge in [-0.1, -0.05) is 6.07 Å². The van der Waals surface area contributed by atoms with Crippen LogP contribution in [-0.2, 0) is 13.1 Å². The quantitative estimate of drug-likeness (QED) is 0.917. The molecule has 0 aliphatic carbocycles. The van der Waals surface area contributed by atoms with E-state index in [0.29, 0.717) is 5.92 Å². The second-order valence-electron chi connectivity index (χ2n) is 4.98. The van der Waals surface area contributed by atoms with Crippen molar-refractivity contribution in [2.75, 3.05) is 6.54 Å². The van der Waals surface area contributed by atoms with Gasteiger partial charge in [-0.3, -0.25) is 0 Å². The number of hydrogen-bond donors (Lipinski definition) is 1. The largest absolute Gasteiger partial charge is 0.334 e. The fourth-order valence-electron chi connectivity index (χ4n) is 2.68. The first-order valence-corrected chi connectivity index (χ1v) is 7.47. The summed E-state index contributed by atoms with van der Waals surface area (Å²) in [6.45, 7) is 5.24. The van der Waals surface area contributed by atoms with Crippen LogP contribution in [0, 0.1) is 6.92 Å². The number of hydrogen-bond acceptors (Lipinski definition) is 3. The summed E-state index contributed by atoms with van der Waals surface area (Å²) < 4.78 is 2.33. The van der Waals surface area contributed by atoms with Crippen LogP contribution in [-0.4, -0.2) is 16.1 Å². The van der Waals surface area contributed by atoms with Crippen molar-refractivity contribution in [1.82, 2.24) is 14.9 Å². The van der Waals surface area contributed by atoms with Gasteiger partial charge in [-0.2, -0.15) is 0 Å². The molecule has 1 atom stereocenters. The lowest BCUT2D eigenvalue weighted by atomic mass is 9.99. The standard InChI is InChI=1S/C14H19N3S/c1-11-10-17-6-2-4-12(14(17)16-11)8-15-9-13-5-3-7-18-13/h3,5,7,10,12,15H,2,4,6,8-9H2,1H3/t12-/m0/s1. The van der Waals surface area contributed by atoms with Crippen molar-refractivity contribution in [2.45, 2.75) is 38.8 Å². The zero-order chi connectivity index (χ0) is 12.4. The molecule has 3 rings (SSSR count). The first-order chi connectivity index (χ1) is 8.83. The molecule has 96 valence electrons. The predicted molar refractivity (Wildman–Crippen MR) is 75.0 cm³/mol. The van der Waals surface area contributed by atoms with Crippen LogP contribution in [0.25, 0.3) is 0 Å². The molecule has 1 aliphatic rings. The van der Waals surface area contributed by atoms with E-state index in [0.717, 1.165) is 25.3 Å². The minimum absolute atomic E-state index is 0.576. The number of thiophene rings is 1. The molecule has 0 aromatic carbocycles. The number of aryl methyl sites for hydroxylation is 2. The van der Waals surface area contributed by atoms with Crippen molar-refractivity contribution in [3.63, 3.8) is 0 Å². The molecular formula is C14H19N3S. The first kappa shape index (κ1) is 11.9. The maximum absolute atomic E-state index is 4.67. The highest BCUT2D eigenvalue weighted by molar-refractivity contribution is 7.09. The summed E-state index contributed by atoms with van der Waals surface area (Å²) in [6.07, 6.45) is 4.71. The summed E-state index contributed by atoms with van der Waals surface area (Å²) in [5, 5.41) is 5.70. The van der Waals surface area contributed by atoms with E-state index in [-0.39, 0.29) is 0 Å². The Labute approximate surface area is 112 Å². The predicted octanol–water partition coefficient (Wildman–Crippen LogP) is 2.92. The lowest BCUT2D eigenvalue weighted by molar-refractivity contribution is 0.423. The number of fused-ring (bicyclic) bond motifs is 1. The summed E-state index contributed by atoms with van der Waals surface area (Å²) >= 11 is 1.82. The van der Waals surface area contributed by atoms with Gasteiger partial charge in [0.05, 0.1) is 5.69 Å². The molecule has 1 aliphatic heterocycles. The summed E-state index contributed by atoms with van der Waals surface area (Å²) in [6, 6.07) is 4.29. The van der Waals surface area contributed by atoms with Crippen molar-refractivity contribution in [1.29, 1.82) is 0 Å². The molecule has 3 heterocycles. The fourth-order valence-corrected chi connectivity index (χ4v) is 3.36. The SMILES string of the molecule is Cc1cn2c(n1)[C@H](CNCc1cccs1)CCC2. The van der Waals surface area contributed by atoms with Gasteiger partial charge >= 0.3 is 0 Å². The summed E-state index contributed by atoms with van der Waals surface area (Å²) in [7, 11) is 0. The number of nitrogens with one attached hydrogen (secondary N) is 1. The van der Waals surface area contributed by atoms with Gasteiger partial charge in [0.15, 0.2) is 0 Å². The average molecular weight is 261 g/mol. The third-order valence-electron chi connectivity index (χ3n) is 3.51. The van der Waals surface area contributed by atoms with Crippen LogP contribution in [0.4, 0.5) is 0 Å².